The fourth-order valence-corrected chi connectivity index (χ4v) is 3.13. The first kappa shape index (κ1) is 17.2. The Balaban J connectivity index is 1.81. The van der Waals surface area contributed by atoms with Gasteiger partial charge in [-0.2, -0.15) is 0 Å². The standard InChI is InChI=1S/C17H27NO4/c1-4-5-6-7-8-9-10-11-12(2)13(19)17-14(22-17)16(3,21)18-15(17)20/h11,14,21H,4-10H2,1-3H3,(H,18,20)/b12-11+/t14-,16?,17-/m0/s1. The quantitative estimate of drug-likeness (QED) is 0.296. The van der Waals surface area contributed by atoms with E-state index in [1.807, 2.05) is 6.08 Å². The maximum Gasteiger partial charge on any atom is 0.265 e. The highest BCUT2D eigenvalue weighted by Crippen LogP contribution is 2.49. The van der Waals surface area contributed by atoms with Gasteiger partial charge in [-0.1, -0.05) is 45.1 Å². The Kier molecular flexibility index (Phi) is 5.07. The van der Waals surface area contributed by atoms with Crippen molar-refractivity contribution in [3.8, 4) is 0 Å². The number of hydrogen-bond donors (Lipinski definition) is 2. The summed E-state index contributed by atoms with van der Waals surface area (Å²) in [5.74, 6) is -0.849. The molecule has 0 aliphatic carbocycles. The molecule has 1 amide bonds. The van der Waals surface area contributed by atoms with Crippen LogP contribution in [0.3, 0.4) is 0 Å². The summed E-state index contributed by atoms with van der Waals surface area (Å²) in [6.45, 7) is 5.36. The second kappa shape index (κ2) is 6.50. The molecule has 124 valence electrons. The number of Topliss-reactive ketones (excluding diaryl/α,β-unsaturated/α-hetero) is 1. The monoisotopic (exact) mass is 309 g/mol. The Morgan fingerprint density at radius 3 is 2.50 bits per heavy atom. The van der Waals surface area contributed by atoms with Gasteiger partial charge < -0.3 is 15.2 Å². The zero-order chi connectivity index (χ0) is 16.4. The minimum atomic E-state index is -1.48. The number of rotatable bonds is 9. The molecule has 0 saturated carbocycles. The van der Waals surface area contributed by atoms with E-state index in [-0.39, 0.29) is 5.78 Å². The first-order valence-corrected chi connectivity index (χ1v) is 8.30. The van der Waals surface area contributed by atoms with E-state index in [1.165, 1.54) is 32.6 Å². The van der Waals surface area contributed by atoms with E-state index in [0.717, 1.165) is 19.3 Å². The number of hydrogen-bond acceptors (Lipinski definition) is 4. The SMILES string of the molecule is CCCCCCCC/C=C(\C)C(=O)[C@]12O[C@H]1C(C)(O)NC2=O. The molecule has 1 unspecified atom stereocenters. The van der Waals surface area contributed by atoms with Crippen LogP contribution in [0, 0.1) is 0 Å². The van der Waals surface area contributed by atoms with Gasteiger partial charge in [-0.25, -0.2) is 0 Å². The van der Waals surface area contributed by atoms with Crippen molar-refractivity contribution in [1.29, 1.82) is 0 Å². The molecule has 5 nitrogen and oxygen atoms in total. The third kappa shape index (κ3) is 3.10. The second-order valence-corrected chi connectivity index (χ2v) is 6.61. The molecule has 3 atom stereocenters. The number of carbonyl (C=O) groups excluding carboxylic acids is 2. The van der Waals surface area contributed by atoms with Crippen LogP contribution in [0.25, 0.3) is 0 Å². The summed E-state index contributed by atoms with van der Waals surface area (Å²) in [7, 11) is 0. The summed E-state index contributed by atoms with van der Waals surface area (Å²) < 4.78 is 5.27. The summed E-state index contributed by atoms with van der Waals surface area (Å²) in [6, 6.07) is 0. The van der Waals surface area contributed by atoms with Crippen LogP contribution in [-0.4, -0.2) is 34.2 Å². The number of ketones is 1. The van der Waals surface area contributed by atoms with Crippen molar-refractivity contribution in [2.24, 2.45) is 0 Å². The van der Waals surface area contributed by atoms with Crippen LogP contribution in [0.5, 0.6) is 0 Å². The topological polar surface area (TPSA) is 78.9 Å². The fraction of sp³-hybridized carbons (Fsp3) is 0.765. The molecule has 2 rings (SSSR count). The predicted octanol–water partition coefficient (Wildman–Crippen LogP) is 2.23. The lowest BCUT2D eigenvalue weighted by molar-refractivity contribution is -0.137. The number of ether oxygens (including phenoxy) is 1. The summed E-state index contributed by atoms with van der Waals surface area (Å²) in [4.78, 5) is 24.4. The van der Waals surface area contributed by atoms with Crippen molar-refractivity contribution < 1.29 is 19.4 Å². The Morgan fingerprint density at radius 1 is 1.32 bits per heavy atom. The highest BCUT2D eigenvalue weighted by molar-refractivity contribution is 6.21. The number of carbonyl (C=O) groups is 2. The van der Waals surface area contributed by atoms with Crippen LogP contribution in [-0.2, 0) is 14.3 Å². The van der Waals surface area contributed by atoms with Crippen LogP contribution in [0.2, 0.25) is 0 Å². The molecule has 0 bridgehead atoms. The second-order valence-electron chi connectivity index (χ2n) is 6.61. The smallest absolute Gasteiger partial charge is 0.265 e. The molecule has 0 aromatic carbocycles. The molecule has 0 aromatic heterocycles. The molecule has 2 fully saturated rings. The van der Waals surface area contributed by atoms with Gasteiger partial charge in [0.25, 0.3) is 5.91 Å². The van der Waals surface area contributed by atoms with Gasteiger partial charge in [0.05, 0.1) is 0 Å². The summed E-state index contributed by atoms with van der Waals surface area (Å²) >= 11 is 0. The third-order valence-electron chi connectivity index (χ3n) is 4.53. The zero-order valence-corrected chi connectivity index (χ0v) is 13.8. The van der Waals surface area contributed by atoms with Crippen LogP contribution in [0.1, 0.15) is 65.7 Å². The van der Waals surface area contributed by atoms with Crippen LogP contribution < -0.4 is 5.32 Å². The number of allylic oxidation sites excluding steroid dienone is 1. The highest BCUT2D eigenvalue weighted by atomic mass is 16.6. The molecule has 22 heavy (non-hydrogen) atoms. The summed E-state index contributed by atoms with van der Waals surface area (Å²) in [5, 5.41) is 12.4. The average molecular weight is 309 g/mol. The Morgan fingerprint density at radius 2 is 1.95 bits per heavy atom. The van der Waals surface area contributed by atoms with Gasteiger partial charge in [0.1, 0.15) is 0 Å². The van der Waals surface area contributed by atoms with Crippen molar-refractivity contribution in [3.05, 3.63) is 11.6 Å². The van der Waals surface area contributed by atoms with Gasteiger partial charge in [-0.3, -0.25) is 9.59 Å². The molecule has 2 saturated heterocycles. The molecular formula is C17H27NO4. The van der Waals surface area contributed by atoms with Crippen molar-refractivity contribution in [3.63, 3.8) is 0 Å². The Bertz CT molecular complexity index is 483. The van der Waals surface area contributed by atoms with E-state index in [2.05, 4.69) is 12.2 Å². The van der Waals surface area contributed by atoms with Gasteiger partial charge in [0, 0.05) is 0 Å². The molecular weight excluding hydrogens is 282 g/mol. The number of unbranched alkanes of at least 4 members (excludes halogenated alkanes) is 6. The highest BCUT2D eigenvalue weighted by Gasteiger charge is 2.79. The Labute approximate surface area is 132 Å². The van der Waals surface area contributed by atoms with Gasteiger partial charge in [0.15, 0.2) is 11.8 Å². The van der Waals surface area contributed by atoms with Crippen LogP contribution in [0.15, 0.2) is 11.6 Å². The first-order chi connectivity index (χ1) is 10.4. The molecule has 0 spiro atoms. The minimum absolute atomic E-state index is 0.321. The lowest BCUT2D eigenvalue weighted by Crippen LogP contribution is -2.45. The Hall–Kier alpha value is -1.20. The van der Waals surface area contributed by atoms with E-state index in [0.29, 0.717) is 5.57 Å². The van der Waals surface area contributed by atoms with E-state index >= 15 is 0 Å². The lowest BCUT2D eigenvalue weighted by Gasteiger charge is -2.16. The molecule has 5 heteroatoms. The third-order valence-corrected chi connectivity index (χ3v) is 4.53. The predicted molar refractivity (Wildman–Crippen MR) is 83.1 cm³/mol. The normalized spacial score (nSPS) is 33.5. The van der Waals surface area contributed by atoms with E-state index in [1.54, 1.807) is 6.92 Å². The molecule has 2 aliphatic rings. The molecule has 0 aromatic rings. The average Bonchev–Trinajstić information content (AvgIpc) is 3.18. The maximum atomic E-state index is 12.4. The number of aliphatic hydroxyl groups is 1. The van der Waals surface area contributed by atoms with Gasteiger partial charge in [-0.05, 0) is 32.3 Å². The zero-order valence-electron chi connectivity index (χ0n) is 13.8. The van der Waals surface area contributed by atoms with Crippen molar-refractivity contribution >= 4 is 11.7 Å². The molecule has 2 heterocycles. The van der Waals surface area contributed by atoms with Gasteiger partial charge >= 0.3 is 0 Å². The van der Waals surface area contributed by atoms with E-state index in [9.17, 15) is 14.7 Å². The molecule has 2 N–H and O–H groups in total. The van der Waals surface area contributed by atoms with E-state index < -0.39 is 23.3 Å². The summed E-state index contributed by atoms with van der Waals surface area (Å²) in [5.41, 5.74) is -2.39. The number of fused-ring (bicyclic) bond motifs is 1. The maximum absolute atomic E-state index is 12.4. The first-order valence-electron chi connectivity index (χ1n) is 8.30. The number of amides is 1. The number of nitrogens with one attached hydrogen (secondary N) is 1. The number of morpholine rings is 1. The molecule has 0 radical (unpaired) electrons. The van der Waals surface area contributed by atoms with Gasteiger partial charge in [0.2, 0.25) is 11.4 Å². The lowest BCUT2D eigenvalue weighted by atomic mass is 9.93. The van der Waals surface area contributed by atoms with Crippen molar-refractivity contribution in [2.45, 2.75) is 83.1 Å². The van der Waals surface area contributed by atoms with E-state index in [4.69, 9.17) is 4.74 Å². The van der Waals surface area contributed by atoms with Crippen LogP contribution >= 0.6 is 0 Å². The molecule has 2 aliphatic heterocycles. The summed E-state index contributed by atoms with van der Waals surface area (Å²) in [6.07, 6.45) is 9.19. The number of epoxide rings is 1. The van der Waals surface area contributed by atoms with Crippen LogP contribution in [0.4, 0.5) is 0 Å². The van der Waals surface area contributed by atoms with Crippen molar-refractivity contribution in [1.82, 2.24) is 5.32 Å². The van der Waals surface area contributed by atoms with Gasteiger partial charge in [-0.15, -0.1) is 0 Å². The fourth-order valence-electron chi connectivity index (χ4n) is 3.13. The minimum Gasteiger partial charge on any atom is -0.368 e. The largest absolute Gasteiger partial charge is 0.368 e. The van der Waals surface area contributed by atoms with Crippen molar-refractivity contribution in [2.75, 3.05) is 0 Å².